The number of fused-ring (bicyclic) bond motifs is 4. The van der Waals surface area contributed by atoms with Crippen molar-refractivity contribution in [1.82, 2.24) is 34.4 Å². The van der Waals surface area contributed by atoms with Gasteiger partial charge in [0.2, 0.25) is 5.91 Å². The SMILES string of the molecule is C=CC(=O)N1C2C[C@H](c3ccc4ncnc(Nc5cc(C)c(Oc6ccn7ncnc7c6)cc5F)c4n3)C[C@@H]1C2. The molecule has 3 atom stereocenters. The van der Waals surface area contributed by atoms with Crippen LogP contribution in [0, 0.1) is 12.7 Å². The number of nitrogens with zero attached hydrogens (tertiary/aromatic N) is 7. The van der Waals surface area contributed by atoms with Crippen molar-refractivity contribution in [1.29, 1.82) is 0 Å². The van der Waals surface area contributed by atoms with E-state index in [2.05, 4.69) is 31.9 Å². The van der Waals surface area contributed by atoms with E-state index < -0.39 is 5.82 Å². The van der Waals surface area contributed by atoms with E-state index in [0.717, 1.165) is 30.5 Å². The van der Waals surface area contributed by atoms with Crippen LogP contribution >= 0.6 is 0 Å². The van der Waals surface area contributed by atoms with Gasteiger partial charge in [-0.3, -0.25) is 4.79 Å². The lowest BCUT2D eigenvalue weighted by Gasteiger charge is -2.55. The van der Waals surface area contributed by atoms with Gasteiger partial charge in [-0.1, -0.05) is 6.58 Å². The van der Waals surface area contributed by atoms with Crippen LogP contribution in [-0.2, 0) is 4.79 Å². The Labute approximate surface area is 228 Å². The molecule has 2 aliphatic heterocycles. The number of benzene rings is 1. The van der Waals surface area contributed by atoms with Crippen molar-refractivity contribution in [3.63, 3.8) is 0 Å². The average Bonchev–Trinajstić information content (AvgIpc) is 3.43. The summed E-state index contributed by atoms with van der Waals surface area (Å²) in [4.78, 5) is 31.9. The molecule has 1 aliphatic carbocycles. The molecule has 0 spiro atoms. The molecule has 1 unspecified atom stereocenters. The number of hydrogen-bond acceptors (Lipinski definition) is 8. The maximum absolute atomic E-state index is 15.3. The number of anilines is 2. The van der Waals surface area contributed by atoms with Gasteiger partial charge in [-0.15, -0.1) is 0 Å². The van der Waals surface area contributed by atoms with Gasteiger partial charge in [0.25, 0.3) is 0 Å². The van der Waals surface area contributed by atoms with Gasteiger partial charge < -0.3 is 15.0 Å². The number of rotatable bonds is 6. The maximum Gasteiger partial charge on any atom is 0.246 e. The fraction of sp³-hybridized carbons (Fsp3) is 0.241. The van der Waals surface area contributed by atoms with Crippen LogP contribution in [0.15, 0.2) is 67.9 Å². The fourth-order valence-electron chi connectivity index (χ4n) is 5.84. The summed E-state index contributed by atoms with van der Waals surface area (Å²) in [5, 5.41) is 7.19. The smallest absolute Gasteiger partial charge is 0.246 e. The van der Waals surface area contributed by atoms with Gasteiger partial charge in [0.15, 0.2) is 11.5 Å². The van der Waals surface area contributed by atoms with Crippen LogP contribution in [0.2, 0.25) is 0 Å². The molecule has 0 radical (unpaired) electrons. The topological polar surface area (TPSA) is 110 Å². The summed E-state index contributed by atoms with van der Waals surface area (Å²) >= 11 is 0. The molecule has 1 N–H and O–H groups in total. The zero-order valence-corrected chi connectivity index (χ0v) is 21.7. The lowest BCUT2D eigenvalue weighted by molar-refractivity contribution is -0.144. The van der Waals surface area contributed by atoms with Gasteiger partial charge in [-0.05, 0) is 62.1 Å². The summed E-state index contributed by atoms with van der Waals surface area (Å²) < 4.78 is 22.9. The Morgan fingerprint density at radius 1 is 1.10 bits per heavy atom. The van der Waals surface area contributed by atoms with E-state index in [4.69, 9.17) is 9.72 Å². The number of hydrogen-bond donors (Lipinski definition) is 1. The molecular weight excluding hydrogens is 511 g/mol. The normalized spacial score (nSPS) is 19.9. The minimum Gasteiger partial charge on any atom is -0.457 e. The zero-order chi connectivity index (χ0) is 27.4. The van der Waals surface area contributed by atoms with Crippen LogP contribution in [0.3, 0.4) is 0 Å². The molecule has 3 fully saturated rings. The molecule has 5 aromatic rings. The van der Waals surface area contributed by atoms with E-state index in [1.165, 1.54) is 24.8 Å². The second-order valence-electron chi connectivity index (χ2n) is 10.2. The number of nitrogens with one attached hydrogen (secondary N) is 1. The molecule has 11 heteroatoms. The van der Waals surface area contributed by atoms with E-state index in [1.54, 1.807) is 28.9 Å². The lowest BCUT2D eigenvalue weighted by Crippen LogP contribution is -2.62. The van der Waals surface area contributed by atoms with Crippen LogP contribution in [0.25, 0.3) is 16.7 Å². The third kappa shape index (κ3) is 4.10. The number of ether oxygens (including phenoxy) is 1. The van der Waals surface area contributed by atoms with Crippen molar-refractivity contribution in [2.45, 2.75) is 44.2 Å². The number of pyridine rings is 2. The minimum atomic E-state index is -0.494. The molecule has 2 bridgehead atoms. The van der Waals surface area contributed by atoms with Crippen LogP contribution in [0.1, 0.15) is 36.4 Å². The fourth-order valence-corrected chi connectivity index (χ4v) is 5.84. The number of halogens is 1. The van der Waals surface area contributed by atoms with Gasteiger partial charge in [0.1, 0.15) is 35.5 Å². The lowest BCUT2D eigenvalue weighted by atomic mass is 9.72. The molecule has 4 aromatic heterocycles. The molecular formula is C29H25FN8O2. The van der Waals surface area contributed by atoms with E-state index in [0.29, 0.717) is 34.0 Å². The van der Waals surface area contributed by atoms with Crippen molar-refractivity contribution in [2.24, 2.45) is 0 Å². The van der Waals surface area contributed by atoms with Gasteiger partial charge in [-0.2, -0.15) is 5.10 Å². The van der Waals surface area contributed by atoms with E-state index >= 15 is 4.39 Å². The van der Waals surface area contributed by atoms with Crippen molar-refractivity contribution in [3.8, 4) is 11.5 Å². The van der Waals surface area contributed by atoms with E-state index in [1.807, 2.05) is 24.0 Å². The van der Waals surface area contributed by atoms with Gasteiger partial charge in [0.05, 0.1) is 11.2 Å². The molecule has 1 aromatic carbocycles. The number of amides is 1. The number of aryl methyl sites for hydroxylation is 1. The van der Waals surface area contributed by atoms with E-state index in [9.17, 15) is 4.79 Å². The first-order chi connectivity index (χ1) is 19.5. The Kier molecular flexibility index (Phi) is 5.65. The molecule has 3 aliphatic rings. The maximum atomic E-state index is 15.3. The average molecular weight is 537 g/mol. The Morgan fingerprint density at radius 3 is 2.77 bits per heavy atom. The number of aromatic nitrogens is 6. The number of carbonyl (C=O) groups is 1. The highest BCUT2D eigenvalue weighted by Crippen LogP contribution is 2.45. The van der Waals surface area contributed by atoms with Gasteiger partial charge in [0, 0.05) is 42.0 Å². The van der Waals surface area contributed by atoms with Gasteiger partial charge >= 0.3 is 0 Å². The van der Waals surface area contributed by atoms with Crippen molar-refractivity contribution in [2.75, 3.05) is 5.32 Å². The van der Waals surface area contributed by atoms with Crippen molar-refractivity contribution < 1.29 is 13.9 Å². The largest absolute Gasteiger partial charge is 0.457 e. The first-order valence-electron chi connectivity index (χ1n) is 13.1. The highest BCUT2D eigenvalue weighted by Gasteiger charge is 2.47. The Balaban J connectivity index is 1.14. The summed E-state index contributed by atoms with van der Waals surface area (Å²) in [6.07, 6.45) is 8.73. The zero-order valence-electron chi connectivity index (χ0n) is 21.7. The van der Waals surface area contributed by atoms with Crippen LogP contribution in [-0.4, -0.2) is 52.4 Å². The molecule has 200 valence electrons. The number of carbonyl (C=O) groups excluding carboxylic acids is 1. The second kappa shape index (κ2) is 9.37. The Bertz CT molecular complexity index is 1790. The van der Waals surface area contributed by atoms with Crippen LogP contribution in [0.4, 0.5) is 15.9 Å². The summed E-state index contributed by atoms with van der Waals surface area (Å²) in [7, 11) is 0. The summed E-state index contributed by atoms with van der Waals surface area (Å²) in [5.74, 6) is 1.06. The van der Waals surface area contributed by atoms with Crippen LogP contribution in [0.5, 0.6) is 11.5 Å². The third-order valence-electron chi connectivity index (χ3n) is 7.79. The molecule has 2 saturated heterocycles. The molecule has 40 heavy (non-hydrogen) atoms. The van der Waals surface area contributed by atoms with Crippen LogP contribution < -0.4 is 10.1 Å². The van der Waals surface area contributed by atoms with E-state index in [-0.39, 0.29) is 29.6 Å². The molecule has 6 heterocycles. The minimum absolute atomic E-state index is 0.00353. The standard InChI is InChI=1S/C29H25FN8O2/c1-3-27(39)38-18-9-17(10-19(38)11-18)22-4-5-23-28(35-22)29(33-14-31-23)36-24-8-16(2)25(13-21(24)30)40-20-6-7-37-26(12-20)32-15-34-37/h3-8,12-15,17-19H,1,9-11H2,2H3,(H,31,33,36)/t17-,18-,19?/m1/s1. The molecule has 1 amide bonds. The highest BCUT2D eigenvalue weighted by atomic mass is 19.1. The summed E-state index contributed by atoms with van der Waals surface area (Å²) in [6, 6.07) is 10.8. The highest BCUT2D eigenvalue weighted by molar-refractivity contribution is 5.89. The molecule has 10 nitrogen and oxygen atoms in total. The predicted molar refractivity (Wildman–Crippen MR) is 146 cm³/mol. The Morgan fingerprint density at radius 2 is 1.95 bits per heavy atom. The summed E-state index contributed by atoms with van der Waals surface area (Å²) in [6.45, 7) is 5.47. The predicted octanol–water partition coefficient (Wildman–Crippen LogP) is 5.08. The monoisotopic (exact) mass is 536 g/mol. The first kappa shape index (κ1) is 24.1. The quantitative estimate of drug-likeness (QED) is 0.299. The van der Waals surface area contributed by atoms with Gasteiger partial charge in [-0.25, -0.2) is 28.8 Å². The Hall–Kier alpha value is -4.93. The third-order valence-corrected chi connectivity index (χ3v) is 7.79. The van der Waals surface area contributed by atoms with Crippen molar-refractivity contribution >= 4 is 34.1 Å². The molecule has 8 rings (SSSR count). The number of piperidine rings is 1. The second-order valence-corrected chi connectivity index (χ2v) is 10.2. The van der Waals surface area contributed by atoms with Crippen molar-refractivity contribution in [3.05, 3.63) is 85.0 Å². The molecule has 1 saturated carbocycles. The summed E-state index contributed by atoms with van der Waals surface area (Å²) in [5.41, 5.74) is 3.77. The first-order valence-corrected chi connectivity index (χ1v) is 13.1.